The second-order valence-electron chi connectivity index (χ2n) is 5.22. The van der Waals surface area contributed by atoms with Crippen molar-refractivity contribution in [3.05, 3.63) is 70.8 Å². The molecule has 118 valence electrons. The Morgan fingerprint density at radius 3 is 2.78 bits per heavy atom. The molecule has 23 heavy (non-hydrogen) atoms. The van der Waals surface area contributed by atoms with E-state index in [1.807, 2.05) is 49.5 Å². The zero-order chi connectivity index (χ0) is 16.1. The van der Waals surface area contributed by atoms with Crippen molar-refractivity contribution in [1.82, 2.24) is 5.32 Å². The summed E-state index contributed by atoms with van der Waals surface area (Å²) in [4.78, 5) is 14.2. The van der Waals surface area contributed by atoms with E-state index in [9.17, 15) is 4.79 Å². The van der Waals surface area contributed by atoms with Gasteiger partial charge in [-0.2, -0.15) is 0 Å². The number of hydrogen-bond acceptors (Lipinski definition) is 4. The van der Waals surface area contributed by atoms with Gasteiger partial charge in [0, 0.05) is 23.2 Å². The summed E-state index contributed by atoms with van der Waals surface area (Å²) < 4.78 is 5.47. The van der Waals surface area contributed by atoms with Gasteiger partial charge in [0.15, 0.2) is 0 Å². The maximum atomic E-state index is 12.4. The lowest BCUT2D eigenvalue weighted by molar-refractivity contribution is 0.104. The van der Waals surface area contributed by atoms with Crippen LogP contribution < -0.4 is 10.1 Å². The maximum absolute atomic E-state index is 12.4. The number of nitrogens with one attached hydrogen (secondary N) is 1. The Bertz CT molecular complexity index is 725. The van der Waals surface area contributed by atoms with Gasteiger partial charge in [0.2, 0.25) is 5.78 Å². The molecule has 0 atom stereocenters. The van der Waals surface area contributed by atoms with Crippen molar-refractivity contribution in [2.75, 3.05) is 13.2 Å². The van der Waals surface area contributed by atoms with E-state index >= 15 is 0 Å². The zero-order valence-electron chi connectivity index (χ0n) is 13.0. The molecule has 1 aliphatic rings. The van der Waals surface area contributed by atoms with Gasteiger partial charge in [-0.15, -0.1) is 0 Å². The van der Waals surface area contributed by atoms with Crippen LogP contribution in [0, 0.1) is 0 Å². The Morgan fingerprint density at radius 2 is 2.00 bits per heavy atom. The van der Waals surface area contributed by atoms with Crippen LogP contribution in [0.2, 0.25) is 0 Å². The topological polar surface area (TPSA) is 38.3 Å². The molecule has 0 bridgehead atoms. The highest BCUT2D eigenvalue weighted by Gasteiger charge is 2.26. The van der Waals surface area contributed by atoms with Crippen LogP contribution in [-0.2, 0) is 6.42 Å². The van der Waals surface area contributed by atoms with Crippen molar-refractivity contribution in [3.8, 4) is 5.75 Å². The maximum Gasteiger partial charge on any atom is 0.202 e. The number of allylic oxidation sites excluding steroid dienone is 1. The fraction of sp³-hybridized carbons (Fsp3) is 0.211. The minimum absolute atomic E-state index is 0.0683. The number of Topliss-reactive ketones (excluding diaryl/α,β-unsaturated/α-hetero) is 1. The molecule has 1 heterocycles. The number of carbonyl (C=O) groups is 1. The fourth-order valence-corrected chi connectivity index (χ4v) is 3.43. The number of ether oxygens (including phenoxy) is 1. The Hall–Kier alpha value is -2.20. The molecule has 3 nitrogen and oxygen atoms in total. The van der Waals surface area contributed by atoms with Crippen molar-refractivity contribution in [1.29, 1.82) is 0 Å². The molecule has 4 heteroatoms. The molecule has 0 unspecified atom stereocenters. The molecule has 0 amide bonds. The first-order valence-corrected chi connectivity index (χ1v) is 8.56. The lowest BCUT2D eigenvalue weighted by atomic mass is 10.1. The lowest BCUT2D eigenvalue weighted by Gasteiger charge is -2.03. The third kappa shape index (κ3) is 3.77. The second-order valence-corrected chi connectivity index (χ2v) is 6.30. The van der Waals surface area contributed by atoms with Crippen molar-refractivity contribution in [2.45, 2.75) is 18.2 Å². The average molecular weight is 325 g/mol. The van der Waals surface area contributed by atoms with Crippen LogP contribution in [0.15, 0.2) is 64.5 Å². The van der Waals surface area contributed by atoms with E-state index in [4.69, 9.17) is 4.74 Å². The van der Waals surface area contributed by atoms with E-state index < -0.39 is 0 Å². The van der Waals surface area contributed by atoms with E-state index in [1.54, 1.807) is 0 Å². The van der Waals surface area contributed by atoms with Gasteiger partial charge in [0.1, 0.15) is 5.75 Å². The first-order valence-electron chi connectivity index (χ1n) is 7.75. The molecular formula is C19H19NO2S. The zero-order valence-corrected chi connectivity index (χ0v) is 13.9. The average Bonchev–Trinajstić information content (AvgIpc) is 2.89. The molecule has 0 spiro atoms. The summed E-state index contributed by atoms with van der Waals surface area (Å²) in [5, 5.41) is 3.25. The predicted molar refractivity (Wildman–Crippen MR) is 94.0 cm³/mol. The summed E-state index contributed by atoms with van der Waals surface area (Å²) in [6.45, 7) is 3.34. The minimum atomic E-state index is 0.0683. The number of fused-ring (bicyclic) bond motifs is 1. The van der Waals surface area contributed by atoms with Gasteiger partial charge >= 0.3 is 0 Å². The van der Waals surface area contributed by atoms with Crippen LogP contribution in [0.1, 0.15) is 22.8 Å². The van der Waals surface area contributed by atoms with E-state index in [1.165, 1.54) is 17.3 Å². The monoisotopic (exact) mass is 325 g/mol. The number of ketones is 1. The molecule has 1 aliphatic heterocycles. The molecule has 2 aromatic rings. The van der Waals surface area contributed by atoms with Crippen LogP contribution in [-0.4, -0.2) is 18.9 Å². The number of rotatable bonds is 6. The first-order chi connectivity index (χ1) is 11.3. The lowest BCUT2D eigenvalue weighted by Crippen LogP contribution is -2.11. The molecule has 0 aromatic heterocycles. The van der Waals surface area contributed by atoms with Crippen molar-refractivity contribution >= 4 is 17.5 Å². The number of carbonyl (C=O) groups excluding carboxylic acids is 1. The molecule has 0 radical (unpaired) electrons. The van der Waals surface area contributed by atoms with Gasteiger partial charge in [-0.25, -0.2) is 0 Å². The predicted octanol–water partition coefficient (Wildman–Crippen LogP) is 4.05. The van der Waals surface area contributed by atoms with E-state index in [-0.39, 0.29) is 5.78 Å². The number of hydrogen-bond donors (Lipinski definition) is 1. The summed E-state index contributed by atoms with van der Waals surface area (Å²) in [7, 11) is 0. The van der Waals surface area contributed by atoms with Gasteiger partial charge in [0.05, 0.1) is 11.5 Å². The minimum Gasteiger partial charge on any atom is -0.494 e. The van der Waals surface area contributed by atoms with Crippen molar-refractivity contribution in [2.24, 2.45) is 0 Å². The Kier molecular flexibility index (Phi) is 5.03. The highest BCUT2D eigenvalue weighted by atomic mass is 32.2. The highest BCUT2D eigenvalue weighted by molar-refractivity contribution is 8.04. The summed E-state index contributed by atoms with van der Waals surface area (Å²) >= 11 is 1.51. The molecule has 0 aliphatic carbocycles. The largest absolute Gasteiger partial charge is 0.494 e. The fourth-order valence-electron chi connectivity index (χ4n) is 2.45. The molecular weight excluding hydrogens is 306 g/mol. The molecule has 2 aromatic carbocycles. The normalized spacial score (nSPS) is 14.8. The number of thioether (sulfide) groups is 1. The summed E-state index contributed by atoms with van der Waals surface area (Å²) in [6.07, 6.45) is 2.77. The van der Waals surface area contributed by atoms with Crippen LogP contribution in [0.4, 0.5) is 0 Å². The third-order valence-corrected chi connectivity index (χ3v) is 4.68. The summed E-state index contributed by atoms with van der Waals surface area (Å²) in [5.74, 6) is 0.817. The quantitative estimate of drug-likeness (QED) is 0.642. The first kappa shape index (κ1) is 15.7. The van der Waals surface area contributed by atoms with Gasteiger partial charge in [-0.3, -0.25) is 4.79 Å². The van der Waals surface area contributed by atoms with Gasteiger partial charge in [-0.05, 0) is 37.1 Å². The van der Waals surface area contributed by atoms with Gasteiger partial charge in [0.25, 0.3) is 0 Å². The Morgan fingerprint density at radius 1 is 1.17 bits per heavy atom. The molecule has 1 N–H and O–H groups in total. The van der Waals surface area contributed by atoms with Crippen LogP contribution in [0.25, 0.3) is 0 Å². The Labute approximate surface area is 140 Å². The third-order valence-electron chi connectivity index (χ3n) is 3.58. The summed E-state index contributed by atoms with van der Waals surface area (Å²) in [6, 6.07) is 16.0. The molecule has 0 fully saturated rings. The van der Waals surface area contributed by atoms with Crippen LogP contribution >= 0.6 is 11.8 Å². The van der Waals surface area contributed by atoms with Crippen molar-refractivity contribution in [3.63, 3.8) is 0 Å². The van der Waals surface area contributed by atoms with Gasteiger partial charge < -0.3 is 10.1 Å². The smallest absolute Gasteiger partial charge is 0.202 e. The van der Waals surface area contributed by atoms with Crippen LogP contribution in [0.5, 0.6) is 5.75 Å². The second kappa shape index (κ2) is 7.38. The van der Waals surface area contributed by atoms with Gasteiger partial charge in [-0.1, -0.05) is 42.1 Å². The summed E-state index contributed by atoms with van der Waals surface area (Å²) in [5.41, 5.74) is 2.02. The molecule has 0 saturated heterocycles. The Balaban J connectivity index is 1.60. The van der Waals surface area contributed by atoms with E-state index in [0.717, 1.165) is 34.1 Å². The van der Waals surface area contributed by atoms with E-state index in [2.05, 4.69) is 17.4 Å². The molecule has 0 saturated carbocycles. The SMILES string of the molecule is CCOc1ccc2c(c1)C(=O)C(=CNCCc1ccccc1)S2. The van der Waals surface area contributed by atoms with Crippen LogP contribution in [0.3, 0.4) is 0 Å². The van der Waals surface area contributed by atoms with E-state index in [0.29, 0.717) is 6.61 Å². The number of benzene rings is 2. The van der Waals surface area contributed by atoms with Crippen molar-refractivity contribution < 1.29 is 9.53 Å². The highest BCUT2D eigenvalue weighted by Crippen LogP contribution is 2.40. The molecule has 3 rings (SSSR count). The standard InChI is InChI=1S/C19H19NO2S/c1-2-22-15-8-9-17-16(12-15)19(21)18(23-17)13-20-11-10-14-6-4-3-5-7-14/h3-9,12-13,20H,2,10-11H2,1H3.